The monoisotopic (exact) mass is 397 g/mol. The number of rotatable bonds is 11. The summed E-state index contributed by atoms with van der Waals surface area (Å²) in [4.78, 5) is 12.6. The topological polar surface area (TPSA) is 78.5 Å². The van der Waals surface area contributed by atoms with Crippen LogP contribution in [0.4, 0.5) is 0 Å². The van der Waals surface area contributed by atoms with E-state index in [0.717, 1.165) is 17.8 Å². The number of halogens is 1. The van der Waals surface area contributed by atoms with Gasteiger partial charge in [-0.2, -0.15) is 4.31 Å². The molecule has 0 aromatic carbocycles. The standard InChI is InChI=1S/C15H27N3O3S2.ClH/c1-4-18(5-2)23(20,21)15-9-8-13(22-15)10-12-17-14(19)7-6-11-16-3;/h8-9,16H,4-7,10-12H2,1-3H3,(H,17,19);1H. The zero-order valence-corrected chi connectivity index (χ0v) is 17.0. The lowest BCUT2D eigenvalue weighted by Gasteiger charge is -2.16. The van der Waals surface area contributed by atoms with Gasteiger partial charge in [0.1, 0.15) is 4.21 Å². The maximum Gasteiger partial charge on any atom is 0.252 e. The van der Waals surface area contributed by atoms with Crippen molar-refractivity contribution in [2.75, 3.05) is 33.2 Å². The molecule has 0 aliphatic carbocycles. The van der Waals surface area contributed by atoms with Gasteiger partial charge in [0.25, 0.3) is 10.0 Å². The number of thiophene rings is 1. The van der Waals surface area contributed by atoms with Gasteiger partial charge in [0.15, 0.2) is 0 Å². The lowest BCUT2D eigenvalue weighted by Crippen LogP contribution is -2.29. The summed E-state index contributed by atoms with van der Waals surface area (Å²) in [6.45, 7) is 5.95. The molecule has 6 nitrogen and oxygen atoms in total. The van der Waals surface area contributed by atoms with Crippen molar-refractivity contribution in [1.29, 1.82) is 0 Å². The molecule has 0 bridgehead atoms. The number of hydrogen-bond acceptors (Lipinski definition) is 5. The van der Waals surface area contributed by atoms with Crippen LogP contribution in [0.3, 0.4) is 0 Å². The normalized spacial score (nSPS) is 11.3. The second-order valence-corrected chi connectivity index (χ2v) is 8.45. The highest BCUT2D eigenvalue weighted by Gasteiger charge is 2.23. The zero-order valence-electron chi connectivity index (χ0n) is 14.5. The Morgan fingerprint density at radius 2 is 1.88 bits per heavy atom. The third kappa shape index (κ3) is 7.06. The van der Waals surface area contributed by atoms with Gasteiger partial charge >= 0.3 is 0 Å². The van der Waals surface area contributed by atoms with Gasteiger partial charge in [-0.15, -0.1) is 23.7 Å². The van der Waals surface area contributed by atoms with E-state index in [2.05, 4.69) is 10.6 Å². The predicted octanol–water partition coefficient (Wildman–Crippen LogP) is 1.86. The lowest BCUT2D eigenvalue weighted by molar-refractivity contribution is -0.121. The van der Waals surface area contributed by atoms with Crippen molar-refractivity contribution < 1.29 is 13.2 Å². The molecule has 9 heteroatoms. The van der Waals surface area contributed by atoms with Crippen molar-refractivity contribution in [3.8, 4) is 0 Å². The van der Waals surface area contributed by atoms with Gasteiger partial charge < -0.3 is 10.6 Å². The fourth-order valence-corrected chi connectivity index (χ4v) is 5.13. The molecule has 0 fully saturated rings. The fraction of sp³-hybridized carbons (Fsp3) is 0.667. The van der Waals surface area contributed by atoms with Crippen molar-refractivity contribution in [2.45, 2.75) is 37.3 Å². The van der Waals surface area contributed by atoms with Gasteiger partial charge in [0.2, 0.25) is 5.91 Å². The summed E-state index contributed by atoms with van der Waals surface area (Å²) in [5, 5.41) is 5.86. The molecule has 2 N–H and O–H groups in total. The summed E-state index contributed by atoms with van der Waals surface area (Å²) in [6.07, 6.45) is 1.97. The van der Waals surface area contributed by atoms with Gasteiger partial charge in [0.05, 0.1) is 0 Å². The Morgan fingerprint density at radius 3 is 2.46 bits per heavy atom. The number of carbonyl (C=O) groups excluding carboxylic acids is 1. The van der Waals surface area contributed by atoms with E-state index in [9.17, 15) is 13.2 Å². The summed E-state index contributed by atoms with van der Waals surface area (Å²) >= 11 is 1.28. The summed E-state index contributed by atoms with van der Waals surface area (Å²) in [5.74, 6) is 0.0350. The highest BCUT2D eigenvalue weighted by Crippen LogP contribution is 2.25. The minimum atomic E-state index is -3.38. The SMILES string of the molecule is CCN(CC)S(=O)(=O)c1ccc(CCNC(=O)CCCNC)s1.Cl. The number of carbonyl (C=O) groups is 1. The highest BCUT2D eigenvalue weighted by molar-refractivity contribution is 7.91. The van der Waals surface area contributed by atoms with Crippen LogP contribution in [0.1, 0.15) is 31.6 Å². The summed E-state index contributed by atoms with van der Waals surface area (Å²) in [6, 6.07) is 3.48. The summed E-state index contributed by atoms with van der Waals surface area (Å²) in [7, 11) is -1.52. The van der Waals surface area contributed by atoms with Crippen LogP contribution in [0.5, 0.6) is 0 Å². The second kappa shape index (κ2) is 11.8. The predicted molar refractivity (Wildman–Crippen MR) is 102 cm³/mol. The molecule has 24 heavy (non-hydrogen) atoms. The Morgan fingerprint density at radius 1 is 1.21 bits per heavy atom. The third-order valence-corrected chi connectivity index (χ3v) is 7.12. The Labute approximate surface area is 155 Å². The van der Waals surface area contributed by atoms with Crippen LogP contribution in [0.25, 0.3) is 0 Å². The van der Waals surface area contributed by atoms with Crippen molar-refractivity contribution in [3.05, 3.63) is 17.0 Å². The average molecular weight is 398 g/mol. The van der Waals surface area contributed by atoms with Gasteiger partial charge in [-0.1, -0.05) is 13.8 Å². The van der Waals surface area contributed by atoms with E-state index in [0.29, 0.717) is 36.7 Å². The van der Waals surface area contributed by atoms with Gasteiger partial charge in [-0.05, 0) is 38.6 Å². The van der Waals surface area contributed by atoms with E-state index in [1.54, 1.807) is 6.07 Å². The van der Waals surface area contributed by atoms with Crippen molar-refractivity contribution >= 4 is 39.7 Å². The van der Waals surface area contributed by atoms with Gasteiger partial charge in [0, 0.05) is 30.9 Å². The van der Waals surface area contributed by atoms with Gasteiger partial charge in [-0.3, -0.25) is 4.79 Å². The largest absolute Gasteiger partial charge is 0.356 e. The molecular weight excluding hydrogens is 370 g/mol. The van der Waals surface area contributed by atoms with Crippen LogP contribution in [0.15, 0.2) is 16.3 Å². The Hall–Kier alpha value is -0.670. The van der Waals surface area contributed by atoms with E-state index in [-0.39, 0.29) is 18.3 Å². The van der Waals surface area contributed by atoms with E-state index in [1.165, 1.54) is 15.6 Å². The van der Waals surface area contributed by atoms with E-state index < -0.39 is 10.0 Å². The number of nitrogens with zero attached hydrogens (tertiary/aromatic N) is 1. The quantitative estimate of drug-likeness (QED) is 0.558. The van der Waals surface area contributed by atoms with Crippen molar-refractivity contribution in [2.24, 2.45) is 0 Å². The fourth-order valence-electron chi connectivity index (χ4n) is 2.16. The van der Waals surface area contributed by atoms with Crippen molar-refractivity contribution in [1.82, 2.24) is 14.9 Å². The molecular formula is C15H28ClN3O3S2. The van der Waals surface area contributed by atoms with E-state index >= 15 is 0 Å². The molecule has 0 radical (unpaired) electrons. The smallest absolute Gasteiger partial charge is 0.252 e. The number of nitrogens with one attached hydrogen (secondary N) is 2. The van der Waals surface area contributed by atoms with Crippen LogP contribution in [0, 0.1) is 0 Å². The molecule has 0 saturated heterocycles. The van der Waals surface area contributed by atoms with Crippen LogP contribution in [-0.2, 0) is 21.2 Å². The van der Waals surface area contributed by atoms with Gasteiger partial charge in [-0.25, -0.2) is 8.42 Å². The van der Waals surface area contributed by atoms with Crippen LogP contribution in [0.2, 0.25) is 0 Å². The molecule has 1 aromatic rings. The second-order valence-electron chi connectivity index (χ2n) is 5.12. The first-order valence-corrected chi connectivity index (χ1v) is 10.2. The first-order valence-electron chi connectivity index (χ1n) is 7.95. The van der Waals surface area contributed by atoms with E-state index in [4.69, 9.17) is 0 Å². The molecule has 1 rings (SSSR count). The molecule has 0 aliphatic heterocycles. The molecule has 0 unspecified atom stereocenters. The molecule has 0 saturated carbocycles. The van der Waals surface area contributed by atoms with Crippen LogP contribution in [-0.4, -0.2) is 51.9 Å². The number of hydrogen-bond donors (Lipinski definition) is 2. The molecule has 1 aromatic heterocycles. The minimum Gasteiger partial charge on any atom is -0.356 e. The Kier molecular flexibility index (Phi) is 11.5. The molecule has 0 atom stereocenters. The first kappa shape index (κ1) is 23.3. The number of amides is 1. The lowest BCUT2D eigenvalue weighted by atomic mass is 10.3. The van der Waals surface area contributed by atoms with Crippen LogP contribution >= 0.6 is 23.7 Å². The van der Waals surface area contributed by atoms with Crippen molar-refractivity contribution in [3.63, 3.8) is 0 Å². The van der Waals surface area contributed by atoms with E-state index in [1.807, 2.05) is 27.0 Å². The Balaban J connectivity index is 0.00000529. The highest BCUT2D eigenvalue weighted by atomic mass is 35.5. The molecule has 0 spiro atoms. The average Bonchev–Trinajstić information content (AvgIpc) is 2.98. The first-order chi connectivity index (χ1) is 11.0. The summed E-state index contributed by atoms with van der Waals surface area (Å²) < 4.78 is 26.6. The molecule has 140 valence electrons. The molecule has 1 amide bonds. The third-order valence-electron chi connectivity index (χ3n) is 3.46. The summed E-state index contributed by atoms with van der Waals surface area (Å²) in [5.41, 5.74) is 0. The maximum absolute atomic E-state index is 12.4. The Bertz CT molecular complexity index is 587. The zero-order chi connectivity index (χ0) is 17.3. The van der Waals surface area contributed by atoms with Crippen LogP contribution < -0.4 is 10.6 Å². The minimum absolute atomic E-state index is 0. The maximum atomic E-state index is 12.4. The molecule has 1 heterocycles. The number of sulfonamides is 1. The molecule has 0 aliphatic rings.